The SMILES string of the molecule is COc1ccc(C(F)(F)F)cc1-c1cnc(OC)c(C(=O)O)c1. The molecule has 5 nitrogen and oxygen atoms in total. The summed E-state index contributed by atoms with van der Waals surface area (Å²) < 4.78 is 48.5. The van der Waals surface area contributed by atoms with Crippen molar-refractivity contribution in [1.29, 1.82) is 0 Å². The summed E-state index contributed by atoms with van der Waals surface area (Å²) in [6.07, 6.45) is -3.31. The lowest BCUT2D eigenvalue weighted by Crippen LogP contribution is -2.06. The molecule has 0 saturated carbocycles. The molecule has 0 aliphatic carbocycles. The van der Waals surface area contributed by atoms with Crippen molar-refractivity contribution >= 4 is 5.97 Å². The number of carboxylic acids is 1. The van der Waals surface area contributed by atoms with Gasteiger partial charge < -0.3 is 14.6 Å². The Hall–Kier alpha value is -2.77. The summed E-state index contributed by atoms with van der Waals surface area (Å²) in [4.78, 5) is 15.0. The molecule has 0 aliphatic heterocycles. The van der Waals surface area contributed by atoms with E-state index in [1.54, 1.807) is 0 Å². The maximum Gasteiger partial charge on any atom is 0.416 e. The average Bonchev–Trinajstić information content (AvgIpc) is 2.52. The number of methoxy groups -OCH3 is 2. The number of aromatic nitrogens is 1. The van der Waals surface area contributed by atoms with E-state index in [9.17, 15) is 18.0 Å². The van der Waals surface area contributed by atoms with Crippen molar-refractivity contribution in [1.82, 2.24) is 4.98 Å². The molecule has 0 radical (unpaired) electrons. The molecule has 2 rings (SSSR count). The van der Waals surface area contributed by atoms with E-state index >= 15 is 0 Å². The molecule has 0 amide bonds. The number of nitrogens with zero attached hydrogens (tertiary/aromatic N) is 1. The number of benzene rings is 1. The van der Waals surface area contributed by atoms with Gasteiger partial charge in [0.2, 0.25) is 5.88 Å². The van der Waals surface area contributed by atoms with Crippen LogP contribution < -0.4 is 9.47 Å². The summed E-state index contributed by atoms with van der Waals surface area (Å²) in [6.45, 7) is 0. The molecule has 0 unspecified atom stereocenters. The highest BCUT2D eigenvalue weighted by molar-refractivity contribution is 5.92. The summed E-state index contributed by atoms with van der Waals surface area (Å²) in [5.41, 5.74) is -0.878. The van der Waals surface area contributed by atoms with E-state index in [1.165, 1.54) is 32.5 Å². The first kappa shape index (κ1) is 16.6. The van der Waals surface area contributed by atoms with Crippen LogP contribution >= 0.6 is 0 Å². The maximum absolute atomic E-state index is 12.9. The third-order valence-electron chi connectivity index (χ3n) is 3.11. The van der Waals surface area contributed by atoms with E-state index in [2.05, 4.69) is 4.98 Å². The van der Waals surface area contributed by atoms with E-state index in [0.717, 1.165) is 12.1 Å². The summed E-state index contributed by atoms with van der Waals surface area (Å²) in [5.74, 6) is -1.27. The zero-order valence-corrected chi connectivity index (χ0v) is 12.1. The predicted octanol–water partition coefficient (Wildman–Crippen LogP) is 3.48. The molecule has 0 spiro atoms. The third kappa shape index (κ3) is 3.36. The van der Waals surface area contributed by atoms with Gasteiger partial charge in [-0.15, -0.1) is 0 Å². The number of hydrogen-bond acceptors (Lipinski definition) is 4. The molecule has 23 heavy (non-hydrogen) atoms. The zero-order valence-electron chi connectivity index (χ0n) is 12.1. The average molecular weight is 327 g/mol. The first-order chi connectivity index (χ1) is 10.8. The molecule has 8 heteroatoms. The number of aromatic carboxylic acids is 1. The number of rotatable bonds is 4. The molecule has 122 valence electrons. The summed E-state index contributed by atoms with van der Waals surface area (Å²) in [7, 11) is 2.56. The molecule has 2 aromatic rings. The number of ether oxygens (including phenoxy) is 2. The van der Waals surface area contributed by atoms with Crippen molar-refractivity contribution in [3.63, 3.8) is 0 Å². The van der Waals surface area contributed by atoms with Crippen LogP contribution in [0.15, 0.2) is 30.5 Å². The number of halogens is 3. The van der Waals surface area contributed by atoms with E-state index in [1.807, 2.05) is 0 Å². The van der Waals surface area contributed by atoms with Gasteiger partial charge in [-0.3, -0.25) is 0 Å². The normalized spacial score (nSPS) is 11.2. The number of carbonyl (C=O) groups is 1. The lowest BCUT2D eigenvalue weighted by Gasteiger charge is -2.13. The third-order valence-corrected chi connectivity index (χ3v) is 3.11. The van der Waals surface area contributed by atoms with E-state index in [-0.39, 0.29) is 28.3 Å². The van der Waals surface area contributed by atoms with Gasteiger partial charge in [0.1, 0.15) is 11.3 Å². The van der Waals surface area contributed by atoms with Crippen molar-refractivity contribution in [3.05, 3.63) is 41.6 Å². The van der Waals surface area contributed by atoms with Gasteiger partial charge in [-0.25, -0.2) is 9.78 Å². The second kappa shape index (κ2) is 6.15. The van der Waals surface area contributed by atoms with Crippen LogP contribution in [-0.2, 0) is 6.18 Å². The Bertz CT molecular complexity index is 744. The fourth-order valence-electron chi connectivity index (χ4n) is 2.03. The Morgan fingerprint density at radius 2 is 1.87 bits per heavy atom. The maximum atomic E-state index is 12.9. The second-order valence-electron chi connectivity index (χ2n) is 4.50. The molecule has 0 fully saturated rings. The molecule has 0 saturated heterocycles. The van der Waals surface area contributed by atoms with Gasteiger partial charge in [-0.2, -0.15) is 13.2 Å². The van der Waals surface area contributed by atoms with Crippen molar-refractivity contribution in [3.8, 4) is 22.8 Å². The molecule has 0 aliphatic rings. The van der Waals surface area contributed by atoms with Gasteiger partial charge in [-0.1, -0.05) is 0 Å². The van der Waals surface area contributed by atoms with Gasteiger partial charge in [0.15, 0.2) is 0 Å². The standard InChI is InChI=1S/C15H12F3NO4/c1-22-12-4-3-9(15(16,17)18)6-10(12)8-5-11(14(20)21)13(23-2)19-7-8/h3-7H,1-2H3,(H,20,21). The number of pyridine rings is 1. The van der Waals surface area contributed by atoms with Crippen LogP contribution in [0.5, 0.6) is 11.6 Å². The highest BCUT2D eigenvalue weighted by Gasteiger charge is 2.31. The zero-order chi connectivity index (χ0) is 17.2. The van der Waals surface area contributed by atoms with Crippen LogP contribution in [0.2, 0.25) is 0 Å². The Kier molecular flexibility index (Phi) is 4.44. The lowest BCUT2D eigenvalue weighted by atomic mass is 10.0. The summed E-state index contributed by atoms with van der Waals surface area (Å²) >= 11 is 0. The molecule has 1 aromatic heterocycles. The second-order valence-corrected chi connectivity index (χ2v) is 4.50. The topological polar surface area (TPSA) is 68.7 Å². The molecule has 1 heterocycles. The number of hydrogen-bond donors (Lipinski definition) is 1. The molecule has 1 aromatic carbocycles. The number of alkyl halides is 3. The van der Waals surface area contributed by atoms with Gasteiger partial charge in [0.05, 0.1) is 19.8 Å². The minimum Gasteiger partial charge on any atom is -0.496 e. The van der Waals surface area contributed by atoms with Crippen LogP contribution in [0.25, 0.3) is 11.1 Å². The smallest absolute Gasteiger partial charge is 0.416 e. The highest BCUT2D eigenvalue weighted by atomic mass is 19.4. The van der Waals surface area contributed by atoms with Crippen molar-refractivity contribution in [2.45, 2.75) is 6.18 Å². The van der Waals surface area contributed by atoms with Crippen molar-refractivity contribution < 1.29 is 32.5 Å². The molecule has 0 atom stereocenters. The van der Waals surface area contributed by atoms with Crippen molar-refractivity contribution in [2.75, 3.05) is 14.2 Å². The van der Waals surface area contributed by atoms with Crippen LogP contribution in [-0.4, -0.2) is 30.3 Å². The molecule has 1 N–H and O–H groups in total. The van der Waals surface area contributed by atoms with E-state index in [0.29, 0.717) is 0 Å². The minimum atomic E-state index is -4.53. The van der Waals surface area contributed by atoms with Crippen LogP contribution in [0.3, 0.4) is 0 Å². The lowest BCUT2D eigenvalue weighted by molar-refractivity contribution is -0.137. The van der Waals surface area contributed by atoms with Crippen LogP contribution in [0.4, 0.5) is 13.2 Å². The predicted molar refractivity (Wildman–Crippen MR) is 74.7 cm³/mol. The minimum absolute atomic E-state index is 0.0833. The summed E-state index contributed by atoms with van der Waals surface area (Å²) in [5, 5.41) is 9.15. The van der Waals surface area contributed by atoms with Gasteiger partial charge in [-0.05, 0) is 24.3 Å². The quantitative estimate of drug-likeness (QED) is 0.931. The first-order valence-electron chi connectivity index (χ1n) is 6.31. The monoisotopic (exact) mass is 327 g/mol. The fourth-order valence-corrected chi connectivity index (χ4v) is 2.03. The van der Waals surface area contributed by atoms with Gasteiger partial charge in [0.25, 0.3) is 0 Å². The summed E-state index contributed by atoms with van der Waals surface area (Å²) in [6, 6.07) is 4.13. The van der Waals surface area contributed by atoms with Crippen LogP contribution in [0.1, 0.15) is 15.9 Å². The first-order valence-corrected chi connectivity index (χ1v) is 6.31. The Balaban J connectivity index is 2.65. The Morgan fingerprint density at radius 3 is 2.39 bits per heavy atom. The fraction of sp³-hybridized carbons (Fsp3) is 0.200. The Labute approximate surface area is 129 Å². The Morgan fingerprint density at radius 1 is 1.17 bits per heavy atom. The van der Waals surface area contributed by atoms with E-state index in [4.69, 9.17) is 14.6 Å². The largest absolute Gasteiger partial charge is 0.496 e. The van der Waals surface area contributed by atoms with Crippen molar-refractivity contribution in [2.24, 2.45) is 0 Å². The van der Waals surface area contributed by atoms with Crippen LogP contribution in [0, 0.1) is 0 Å². The van der Waals surface area contributed by atoms with Gasteiger partial charge in [0, 0.05) is 17.3 Å². The highest BCUT2D eigenvalue weighted by Crippen LogP contribution is 2.37. The van der Waals surface area contributed by atoms with Gasteiger partial charge >= 0.3 is 12.1 Å². The number of carboxylic acid groups (broad SMARTS) is 1. The molecular weight excluding hydrogens is 315 g/mol. The molecular formula is C15H12F3NO4. The molecule has 0 bridgehead atoms. The van der Waals surface area contributed by atoms with E-state index < -0.39 is 17.7 Å².